The molecular weight excluding hydrogens is 578 g/mol. The molecular formula is C30H33N3O7S2. The third-order valence-corrected chi connectivity index (χ3v) is 8.14. The first kappa shape index (κ1) is 31.0. The van der Waals surface area contributed by atoms with E-state index < -0.39 is 47.2 Å². The Bertz CT molecular complexity index is 1320. The van der Waals surface area contributed by atoms with Gasteiger partial charge in [-0.3, -0.25) is 9.69 Å². The maximum atomic E-state index is 13.9. The molecule has 2 atom stereocenters. The lowest BCUT2D eigenvalue weighted by Crippen LogP contribution is -2.70. The van der Waals surface area contributed by atoms with Crippen molar-refractivity contribution in [3.63, 3.8) is 0 Å². The van der Waals surface area contributed by atoms with Crippen LogP contribution in [0.15, 0.2) is 83.4 Å². The second kappa shape index (κ2) is 13.8. The Kier molecular flexibility index (Phi) is 10.2. The van der Waals surface area contributed by atoms with Crippen molar-refractivity contribution in [2.24, 2.45) is 5.73 Å². The van der Waals surface area contributed by atoms with Gasteiger partial charge in [0, 0.05) is 11.5 Å². The summed E-state index contributed by atoms with van der Waals surface area (Å²) in [5, 5.41) is 3.90. The Morgan fingerprint density at radius 3 is 2.29 bits per heavy atom. The van der Waals surface area contributed by atoms with E-state index in [0.717, 1.165) is 11.1 Å². The number of alkyl carbamates (subject to hydrolysis) is 1. The van der Waals surface area contributed by atoms with Crippen molar-refractivity contribution >= 4 is 47.6 Å². The molecule has 3 amide bonds. The fraction of sp³-hybridized carbons (Fsp3) is 0.333. The SMILES string of the molecule is CC(C)(C)OC(=O)N[C@@H]1C(=O)N2C(C(=O)OC(c3ccccc3)c3ccccc3)=C(/C=C/SCCOC(N)=O)CS[C@H]12. The quantitative estimate of drug-likeness (QED) is 0.169. The Morgan fingerprint density at radius 2 is 1.71 bits per heavy atom. The summed E-state index contributed by atoms with van der Waals surface area (Å²) in [4.78, 5) is 51.9. The number of hydrogen-bond acceptors (Lipinski definition) is 9. The summed E-state index contributed by atoms with van der Waals surface area (Å²) in [7, 11) is 0. The molecule has 10 nitrogen and oxygen atoms in total. The van der Waals surface area contributed by atoms with Gasteiger partial charge in [-0.25, -0.2) is 14.4 Å². The summed E-state index contributed by atoms with van der Waals surface area (Å²) in [5.41, 5.74) is 6.53. The minimum absolute atomic E-state index is 0.119. The smallest absolute Gasteiger partial charge is 0.408 e. The number of benzene rings is 2. The van der Waals surface area contributed by atoms with E-state index in [-0.39, 0.29) is 12.3 Å². The Balaban J connectivity index is 1.60. The van der Waals surface area contributed by atoms with Crippen molar-refractivity contribution in [2.45, 2.75) is 43.9 Å². The number of thioether (sulfide) groups is 2. The molecule has 0 unspecified atom stereocenters. The van der Waals surface area contributed by atoms with Gasteiger partial charge in [-0.05, 0) is 49.0 Å². The van der Waals surface area contributed by atoms with Crippen LogP contribution in [0.1, 0.15) is 38.0 Å². The largest absolute Gasteiger partial charge is 0.449 e. The van der Waals surface area contributed by atoms with E-state index in [2.05, 4.69) is 5.32 Å². The van der Waals surface area contributed by atoms with Crippen LogP contribution >= 0.6 is 23.5 Å². The van der Waals surface area contributed by atoms with Crippen LogP contribution in [0.2, 0.25) is 0 Å². The van der Waals surface area contributed by atoms with Gasteiger partial charge in [0.1, 0.15) is 29.3 Å². The highest BCUT2D eigenvalue weighted by atomic mass is 32.2. The Morgan fingerprint density at radius 1 is 1.10 bits per heavy atom. The van der Waals surface area contributed by atoms with Gasteiger partial charge in [0.2, 0.25) is 0 Å². The molecule has 0 aliphatic carbocycles. The van der Waals surface area contributed by atoms with Gasteiger partial charge in [-0.15, -0.1) is 23.5 Å². The molecule has 2 aliphatic rings. The second-order valence-corrected chi connectivity index (χ2v) is 12.5. The van der Waals surface area contributed by atoms with Gasteiger partial charge in [-0.2, -0.15) is 0 Å². The van der Waals surface area contributed by atoms with Gasteiger partial charge in [-0.1, -0.05) is 60.7 Å². The molecule has 3 N–H and O–H groups in total. The van der Waals surface area contributed by atoms with Crippen molar-refractivity contribution < 1.29 is 33.4 Å². The summed E-state index contributed by atoms with van der Waals surface area (Å²) < 4.78 is 16.2. The predicted molar refractivity (Wildman–Crippen MR) is 161 cm³/mol. The number of primary amides is 1. The van der Waals surface area contributed by atoms with Crippen LogP contribution in [-0.4, -0.2) is 64.1 Å². The van der Waals surface area contributed by atoms with E-state index in [9.17, 15) is 19.2 Å². The van der Waals surface area contributed by atoms with Gasteiger partial charge in [0.25, 0.3) is 5.91 Å². The molecule has 42 heavy (non-hydrogen) atoms. The van der Waals surface area contributed by atoms with Crippen LogP contribution < -0.4 is 11.1 Å². The molecule has 1 fully saturated rings. The molecule has 1 saturated heterocycles. The number of esters is 1. The standard InChI is InChI=1S/C30H33N3O7S2/c1-30(2,3)40-29(37)32-22-25(34)33-23(21(18-42-26(22)33)14-16-41-17-15-38-28(31)36)27(35)39-24(19-10-6-4-7-11-19)20-12-8-5-9-13-20/h4-14,16,22,24,26H,15,17-18H2,1-3H3,(H2,31,36)(H,32,37)/b16-14+/t22-,26-/m1/s1. The Labute approximate surface area is 253 Å². The van der Waals surface area contributed by atoms with Gasteiger partial charge in [0.05, 0.1) is 0 Å². The van der Waals surface area contributed by atoms with E-state index in [1.807, 2.05) is 60.7 Å². The number of amides is 3. The highest BCUT2D eigenvalue weighted by Gasteiger charge is 2.54. The van der Waals surface area contributed by atoms with Gasteiger partial charge < -0.3 is 25.3 Å². The molecule has 0 radical (unpaired) electrons. The van der Waals surface area contributed by atoms with E-state index in [0.29, 0.717) is 17.1 Å². The average Bonchev–Trinajstić information content (AvgIpc) is 2.95. The third kappa shape index (κ3) is 7.89. The van der Waals surface area contributed by atoms with Crippen molar-refractivity contribution in [3.8, 4) is 0 Å². The van der Waals surface area contributed by atoms with Gasteiger partial charge in [0.15, 0.2) is 6.10 Å². The number of nitrogens with one attached hydrogen (secondary N) is 1. The van der Waals surface area contributed by atoms with Crippen molar-refractivity contribution in [3.05, 3.63) is 94.5 Å². The van der Waals surface area contributed by atoms with Crippen LogP contribution in [0.4, 0.5) is 9.59 Å². The number of carbonyl (C=O) groups excluding carboxylic acids is 4. The number of fused-ring (bicyclic) bond motifs is 1. The summed E-state index contributed by atoms with van der Waals surface area (Å²) in [6, 6.07) is 17.9. The molecule has 0 aromatic heterocycles. The average molecular weight is 612 g/mol. The van der Waals surface area contributed by atoms with Crippen molar-refractivity contribution in [1.29, 1.82) is 0 Å². The first-order valence-electron chi connectivity index (χ1n) is 13.2. The highest BCUT2D eigenvalue weighted by molar-refractivity contribution is 8.02. The van der Waals surface area contributed by atoms with E-state index in [1.54, 1.807) is 32.3 Å². The molecule has 0 bridgehead atoms. The fourth-order valence-electron chi connectivity index (χ4n) is 4.33. The maximum Gasteiger partial charge on any atom is 0.408 e. The number of β-lactam (4-membered cyclic amide) rings is 1. The lowest BCUT2D eigenvalue weighted by molar-refractivity contribution is -0.153. The number of allylic oxidation sites excluding steroid dienone is 1. The number of rotatable bonds is 10. The Hall–Kier alpha value is -3.90. The van der Waals surface area contributed by atoms with E-state index >= 15 is 0 Å². The topological polar surface area (TPSA) is 137 Å². The van der Waals surface area contributed by atoms with Crippen molar-refractivity contribution in [2.75, 3.05) is 18.1 Å². The zero-order valence-electron chi connectivity index (χ0n) is 23.5. The lowest BCUT2D eigenvalue weighted by atomic mass is 10.0. The second-order valence-electron chi connectivity index (χ2n) is 10.4. The maximum absolute atomic E-state index is 13.9. The van der Waals surface area contributed by atoms with Crippen LogP contribution in [0.5, 0.6) is 0 Å². The summed E-state index contributed by atoms with van der Waals surface area (Å²) in [6.45, 7) is 5.34. The summed E-state index contributed by atoms with van der Waals surface area (Å²) in [6.07, 6.45) is -0.517. The zero-order valence-corrected chi connectivity index (χ0v) is 25.1. The molecule has 2 aromatic carbocycles. The summed E-state index contributed by atoms with van der Waals surface area (Å²) in [5.74, 6) is -0.253. The molecule has 12 heteroatoms. The molecule has 222 valence electrons. The minimum atomic E-state index is -0.849. The van der Waals surface area contributed by atoms with Crippen LogP contribution in [0.25, 0.3) is 0 Å². The third-order valence-electron chi connectivity index (χ3n) is 6.10. The minimum Gasteiger partial charge on any atom is -0.449 e. The number of nitrogens with zero attached hydrogens (tertiary/aromatic N) is 1. The van der Waals surface area contributed by atoms with E-state index in [4.69, 9.17) is 19.9 Å². The van der Waals surface area contributed by atoms with Crippen molar-refractivity contribution in [1.82, 2.24) is 10.2 Å². The zero-order chi connectivity index (χ0) is 30.3. The first-order valence-corrected chi connectivity index (χ1v) is 15.3. The molecule has 0 saturated carbocycles. The molecule has 2 aliphatic heterocycles. The number of carbonyl (C=O) groups is 4. The molecule has 0 spiro atoms. The first-order chi connectivity index (χ1) is 20.0. The van der Waals surface area contributed by atoms with Crippen LogP contribution in [0.3, 0.4) is 0 Å². The van der Waals surface area contributed by atoms with E-state index in [1.165, 1.54) is 28.4 Å². The van der Waals surface area contributed by atoms with Crippen LogP contribution in [0, 0.1) is 0 Å². The normalized spacial score (nSPS) is 18.4. The number of ether oxygens (including phenoxy) is 3. The highest BCUT2D eigenvalue weighted by Crippen LogP contribution is 2.42. The van der Waals surface area contributed by atoms with Gasteiger partial charge >= 0.3 is 18.2 Å². The molecule has 2 aromatic rings. The number of hydrogen-bond donors (Lipinski definition) is 2. The fourth-order valence-corrected chi connectivity index (χ4v) is 6.23. The summed E-state index contributed by atoms with van der Waals surface area (Å²) >= 11 is 2.78. The monoisotopic (exact) mass is 611 g/mol. The molecule has 4 rings (SSSR count). The van der Waals surface area contributed by atoms with Crippen LogP contribution in [-0.2, 0) is 23.8 Å². The predicted octanol–water partition coefficient (Wildman–Crippen LogP) is 4.72. The molecule has 2 heterocycles. The number of nitrogens with two attached hydrogens (primary N) is 1. The lowest BCUT2D eigenvalue weighted by Gasteiger charge is -2.49.